The van der Waals surface area contributed by atoms with Gasteiger partial charge in [0.2, 0.25) is 5.91 Å². The Bertz CT molecular complexity index is 887. The number of rotatable bonds is 8. The van der Waals surface area contributed by atoms with Gasteiger partial charge in [-0.1, -0.05) is 30.3 Å². The molecule has 0 fully saturated rings. The molecule has 148 valence electrons. The first-order valence-electron chi connectivity index (χ1n) is 8.88. The second kappa shape index (κ2) is 9.50. The van der Waals surface area contributed by atoms with Gasteiger partial charge in [0, 0.05) is 31.3 Å². The Morgan fingerprint density at radius 1 is 1.04 bits per heavy atom. The lowest BCUT2D eigenvalue weighted by molar-refractivity contribution is -0.119. The van der Waals surface area contributed by atoms with Crippen molar-refractivity contribution in [3.63, 3.8) is 0 Å². The van der Waals surface area contributed by atoms with Crippen LogP contribution in [0, 0.1) is 6.92 Å². The number of amides is 2. The average Bonchev–Trinajstić information content (AvgIpc) is 3.02. The molecule has 0 aliphatic carbocycles. The molecule has 1 aromatic carbocycles. The van der Waals surface area contributed by atoms with Crippen molar-refractivity contribution in [3.05, 3.63) is 47.3 Å². The summed E-state index contributed by atoms with van der Waals surface area (Å²) in [6.07, 6.45) is 0. The van der Waals surface area contributed by atoms with Crippen LogP contribution in [0.1, 0.15) is 40.4 Å². The molecular formula is C20H23N3O5. The van der Waals surface area contributed by atoms with Gasteiger partial charge in [-0.15, -0.1) is 0 Å². The quantitative estimate of drug-likeness (QED) is 0.276. The molecular weight excluding hydrogens is 362 g/mol. The number of carbonyl (C=O) groups is 4. The monoisotopic (exact) mass is 385 g/mol. The molecule has 1 aromatic heterocycles. The largest absolute Gasteiger partial charge is 0.462 e. The molecule has 8 nitrogen and oxygen atoms in total. The second-order valence-corrected chi connectivity index (χ2v) is 6.03. The van der Waals surface area contributed by atoms with E-state index in [1.54, 1.807) is 38.1 Å². The van der Waals surface area contributed by atoms with E-state index in [0.717, 1.165) is 0 Å². The Hall–Kier alpha value is -3.42. The molecule has 8 heteroatoms. The number of Topliss-reactive ketones (excluding diaryl/α,β-unsaturated/α-hetero) is 1. The molecule has 0 saturated carbocycles. The molecule has 28 heavy (non-hydrogen) atoms. The first-order chi connectivity index (χ1) is 13.4. The number of carbonyl (C=O) groups excluding carboxylic acids is 4. The molecule has 0 radical (unpaired) electrons. The van der Waals surface area contributed by atoms with E-state index in [-0.39, 0.29) is 36.9 Å². The standard InChI is InChI=1S/C20H23N3O5/c1-4-28-20(27)15-12(2)23-17(16(15)14-8-6-5-7-9-14)18(25)19(26)22-11-10-21-13(3)24/h5-9,23H,4,10-11H2,1-3H3,(H,21,24)(H,22,26). The van der Waals surface area contributed by atoms with Crippen molar-refractivity contribution in [2.75, 3.05) is 19.7 Å². The fraction of sp³-hybridized carbons (Fsp3) is 0.300. The van der Waals surface area contributed by atoms with Crippen LogP contribution in [0.25, 0.3) is 11.1 Å². The predicted octanol–water partition coefficient (Wildman–Crippen LogP) is 1.60. The van der Waals surface area contributed by atoms with E-state index in [0.29, 0.717) is 16.8 Å². The number of ether oxygens (including phenoxy) is 1. The van der Waals surface area contributed by atoms with Crippen molar-refractivity contribution in [1.82, 2.24) is 15.6 Å². The molecule has 2 aromatic rings. The predicted molar refractivity (Wildman–Crippen MR) is 103 cm³/mol. The second-order valence-electron chi connectivity index (χ2n) is 6.03. The van der Waals surface area contributed by atoms with Gasteiger partial charge in [0.25, 0.3) is 11.7 Å². The number of H-pyrrole nitrogens is 1. The van der Waals surface area contributed by atoms with Gasteiger partial charge in [-0.2, -0.15) is 0 Å². The minimum absolute atomic E-state index is 0.0174. The molecule has 0 spiro atoms. The third-order valence-electron chi connectivity index (χ3n) is 3.95. The lowest BCUT2D eigenvalue weighted by atomic mass is 9.98. The molecule has 0 atom stereocenters. The third-order valence-corrected chi connectivity index (χ3v) is 3.95. The van der Waals surface area contributed by atoms with Gasteiger partial charge in [0.1, 0.15) is 5.69 Å². The summed E-state index contributed by atoms with van der Waals surface area (Å²) in [5.74, 6) is -2.44. The lowest BCUT2D eigenvalue weighted by Gasteiger charge is -2.08. The highest BCUT2D eigenvalue weighted by molar-refractivity contribution is 6.43. The molecule has 0 saturated heterocycles. The van der Waals surface area contributed by atoms with E-state index in [4.69, 9.17) is 4.74 Å². The van der Waals surface area contributed by atoms with Crippen LogP contribution in [0.5, 0.6) is 0 Å². The van der Waals surface area contributed by atoms with Crippen molar-refractivity contribution < 1.29 is 23.9 Å². The summed E-state index contributed by atoms with van der Waals surface area (Å²) in [6.45, 7) is 5.19. The van der Waals surface area contributed by atoms with E-state index in [1.807, 2.05) is 6.07 Å². The smallest absolute Gasteiger partial charge is 0.340 e. The van der Waals surface area contributed by atoms with E-state index >= 15 is 0 Å². The Labute approximate surface area is 162 Å². The molecule has 0 bridgehead atoms. The van der Waals surface area contributed by atoms with Gasteiger partial charge in [-0.25, -0.2) is 4.79 Å². The first kappa shape index (κ1) is 20.9. The maximum absolute atomic E-state index is 12.7. The highest BCUT2D eigenvalue weighted by Gasteiger charge is 2.29. The number of benzene rings is 1. The Balaban J connectivity index is 2.37. The van der Waals surface area contributed by atoms with Crippen LogP contribution >= 0.6 is 0 Å². The first-order valence-corrected chi connectivity index (χ1v) is 8.88. The molecule has 1 heterocycles. The maximum atomic E-state index is 12.7. The van der Waals surface area contributed by atoms with E-state index < -0.39 is 17.7 Å². The molecule has 0 aliphatic rings. The highest BCUT2D eigenvalue weighted by Crippen LogP contribution is 2.31. The fourth-order valence-electron chi connectivity index (χ4n) is 2.76. The minimum atomic E-state index is -0.834. The van der Waals surface area contributed by atoms with Gasteiger partial charge in [-0.05, 0) is 19.4 Å². The molecule has 0 aliphatic heterocycles. The summed E-state index contributed by atoms with van der Waals surface area (Å²) in [4.78, 5) is 51.2. The van der Waals surface area contributed by atoms with Crippen LogP contribution in [0.3, 0.4) is 0 Å². The van der Waals surface area contributed by atoms with E-state index in [1.165, 1.54) is 6.92 Å². The SMILES string of the molecule is CCOC(=O)c1c(C)[nH]c(C(=O)C(=O)NCCNC(C)=O)c1-c1ccccc1. The summed E-state index contributed by atoms with van der Waals surface area (Å²) >= 11 is 0. The normalized spacial score (nSPS) is 10.2. The summed E-state index contributed by atoms with van der Waals surface area (Å²) in [7, 11) is 0. The molecule has 0 unspecified atom stereocenters. The van der Waals surface area contributed by atoms with Crippen molar-refractivity contribution in [2.45, 2.75) is 20.8 Å². The topological polar surface area (TPSA) is 117 Å². The number of hydrogen-bond acceptors (Lipinski definition) is 5. The number of aromatic nitrogens is 1. The van der Waals surface area contributed by atoms with Crippen molar-refractivity contribution in [3.8, 4) is 11.1 Å². The summed E-state index contributed by atoms with van der Waals surface area (Å²) < 4.78 is 5.12. The van der Waals surface area contributed by atoms with Gasteiger partial charge >= 0.3 is 5.97 Å². The van der Waals surface area contributed by atoms with Gasteiger partial charge < -0.3 is 20.4 Å². The van der Waals surface area contributed by atoms with Gasteiger partial charge in [0.15, 0.2) is 0 Å². The fourth-order valence-corrected chi connectivity index (χ4v) is 2.76. The highest BCUT2D eigenvalue weighted by atomic mass is 16.5. The van der Waals surface area contributed by atoms with Crippen molar-refractivity contribution in [2.24, 2.45) is 0 Å². The van der Waals surface area contributed by atoms with Gasteiger partial charge in [-0.3, -0.25) is 14.4 Å². The molecule has 3 N–H and O–H groups in total. The summed E-state index contributed by atoms with van der Waals surface area (Å²) in [5, 5.41) is 4.98. The van der Waals surface area contributed by atoms with Crippen molar-refractivity contribution in [1.29, 1.82) is 0 Å². The van der Waals surface area contributed by atoms with Gasteiger partial charge in [0.05, 0.1) is 12.2 Å². The molecule has 2 amide bonds. The van der Waals surface area contributed by atoms with Crippen LogP contribution in [-0.4, -0.2) is 48.2 Å². The number of aromatic amines is 1. The van der Waals surface area contributed by atoms with Crippen LogP contribution < -0.4 is 10.6 Å². The van der Waals surface area contributed by atoms with Crippen LogP contribution in [-0.2, 0) is 14.3 Å². The average molecular weight is 385 g/mol. The number of esters is 1. The summed E-state index contributed by atoms with van der Waals surface area (Å²) in [6, 6.07) is 8.85. The van der Waals surface area contributed by atoms with Crippen molar-refractivity contribution >= 4 is 23.6 Å². The number of nitrogens with one attached hydrogen (secondary N) is 3. The zero-order chi connectivity index (χ0) is 20.7. The zero-order valence-corrected chi connectivity index (χ0v) is 16.0. The lowest BCUT2D eigenvalue weighted by Crippen LogP contribution is -2.37. The number of aryl methyl sites for hydroxylation is 1. The third kappa shape index (κ3) is 4.85. The van der Waals surface area contributed by atoms with Crippen LogP contribution in [0.2, 0.25) is 0 Å². The van der Waals surface area contributed by atoms with Crippen LogP contribution in [0.15, 0.2) is 30.3 Å². The molecule has 2 rings (SSSR count). The summed E-state index contributed by atoms with van der Waals surface area (Å²) in [5.41, 5.74) is 1.63. The van der Waals surface area contributed by atoms with Crippen LogP contribution in [0.4, 0.5) is 0 Å². The Morgan fingerprint density at radius 3 is 2.29 bits per heavy atom. The number of ketones is 1. The number of hydrogen-bond donors (Lipinski definition) is 3. The Morgan fingerprint density at radius 2 is 1.68 bits per heavy atom. The maximum Gasteiger partial charge on any atom is 0.340 e. The minimum Gasteiger partial charge on any atom is -0.462 e. The zero-order valence-electron chi connectivity index (χ0n) is 16.0. The Kier molecular flexibility index (Phi) is 7.08. The van der Waals surface area contributed by atoms with E-state index in [9.17, 15) is 19.2 Å². The van der Waals surface area contributed by atoms with E-state index in [2.05, 4.69) is 15.6 Å².